The normalized spacial score (nSPS) is 31.0. The van der Waals surface area contributed by atoms with Crippen LogP contribution in [0.5, 0.6) is 28.7 Å². The van der Waals surface area contributed by atoms with Crippen molar-refractivity contribution in [1.29, 1.82) is 0 Å². The molecule has 0 radical (unpaired) electrons. The third kappa shape index (κ3) is 5.44. The molecule has 4 heterocycles. The van der Waals surface area contributed by atoms with E-state index < -0.39 is 67.9 Å². The van der Waals surface area contributed by atoms with Crippen molar-refractivity contribution < 1.29 is 78.1 Å². The van der Waals surface area contributed by atoms with Gasteiger partial charge in [0, 0.05) is 16.5 Å². The smallest absolute Gasteiger partial charge is 0.339 e. The molecule has 4 aliphatic heterocycles. The lowest BCUT2D eigenvalue weighted by Gasteiger charge is -2.41. The Hall–Kier alpha value is -3.97. The number of rotatable bonds is 8. The summed E-state index contributed by atoms with van der Waals surface area (Å²) in [6.07, 6.45) is -14.0. The van der Waals surface area contributed by atoms with Crippen LogP contribution in [0.4, 0.5) is 0 Å². The number of carbonyl (C=O) groups excluding carboxylic acids is 1. The number of aliphatic hydroxyl groups excluding tert-OH is 6. The minimum atomic E-state index is -1.78. The SMILES string of the molecule is COc1cc2c(O[C@@H]3O[C@H](CO[C@@H]4OC[C@H](O)[C@H](O)[C@H]4O)[C@@H](O)[C@H](O)[C@H]3O)c3c(c(-c4ccc5c(c4)OCO5)c2cc1OC)C(=O)OC3. The van der Waals surface area contributed by atoms with Crippen LogP contribution >= 0.6 is 0 Å². The highest BCUT2D eigenvalue weighted by molar-refractivity contribution is 6.14. The lowest BCUT2D eigenvalue weighted by Crippen LogP contribution is -2.61. The van der Waals surface area contributed by atoms with Crippen molar-refractivity contribution in [1.82, 2.24) is 0 Å². The van der Waals surface area contributed by atoms with Gasteiger partial charge in [0.2, 0.25) is 13.1 Å². The molecule has 7 rings (SSSR count). The topological polar surface area (TPSA) is 222 Å². The molecule has 0 bridgehead atoms. The molecular weight excluding hydrogens is 640 g/mol. The molecule has 9 atom stereocenters. The van der Waals surface area contributed by atoms with Crippen molar-refractivity contribution >= 4 is 16.7 Å². The first-order valence-electron chi connectivity index (χ1n) is 15.1. The van der Waals surface area contributed by atoms with Gasteiger partial charge in [0.1, 0.15) is 55.1 Å². The summed E-state index contributed by atoms with van der Waals surface area (Å²) < 4.78 is 50.6. The maximum atomic E-state index is 13.4. The number of aliphatic hydroxyl groups is 6. The van der Waals surface area contributed by atoms with Crippen molar-refractivity contribution in [2.75, 3.05) is 34.2 Å². The average Bonchev–Trinajstić information content (AvgIpc) is 3.73. The molecule has 3 aromatic rings. The molecule has 258 valence electrons. The molecule has 4 aliphatic rings. The lowest BCUT2D eigenvalue weighted by atomic mass is 9.89. The molecule has 2 saturated heterocycles. The number of hydrogen-bond acceptors (Lipinski definition) is 16. The minimum Gasteiger partial charge on any atom is -0.493 e. The predicted molar refractivity (Wildman–Crippen MR) is 159 cm³/mol. The van der Waals surface area contributed by atoms with E-state index in [4.69, 9.17) is 42.6 Å². The van der Waals surface area contributed by atoms with Gasteiger partial charge in [-0.2, -0.15) is 0 Å². The first-order chi connectivity index (χ1) is 23.1. The predicted octanol–water partition coefficient (Wildman–Crippen LogP) is -0.435. The van der Waals surface area contributed by atoms with Crippen molar-refractivity contribution in [3.8, 4) is 39.9 Å². The summed E-state index contributed by atoms with van der Waals surface area (Å²) in [7, 11) is 2.91. The van der Waals surface area contributed by atoms with Crippen LogP contribution in [0.3, 0.4) is 0 Å². The van der Waals surface area contributed by atoms with E-state index >= 15 is 0 Å². The Kier molecular flexibility index (Phi) is 8.69. The zero-order valence-electron chi connectivity index (χ0n) is 25.7. The second-order valence-electron chi connectivity index (χ2n) is 11.7. The molecule has 0 saturated carbocycles. The van der Waals surface area contributed by atoms with E-state index in [2.05, 4.69) is 0 Å². The van der Waals surface area contributed by atoms with Crippen LogP contribution in [0, 0.1) is 0 Å². The van der Waals surface area contributed by atoms with Gasteiger partial charge in [-0.1, -0.05) is 6.07 Å². The van der Waals surface area contributed by atoms with Crippen molar-refractivity contribution in [3.63, 3.8) is 0 Å². The fourth-order valence-corrected chi connectivity index (χ4v) is 6.28. The highest BCUT2D eigenvalue weighted by atomic mass is 16.7. The molecule has 0 spiro atoms. The molecule has 16 heteroatoms. The Bertz CT molecular complexity index is 1710. The zero-order valence-corrected chi connectivity index (χ0v) is 25.7. The van der Waals surface area contributed by atoms with Gasteiger partial charge in [-0.3, -0.25) is 0 Å². The number of cyclic esters (lactones) is 1. The molecule has 16 nitrogen and oxygen atoms in total. The molecule has 2 fully saturated rings. The Morgan fingerprint density at radius 3 is 2.23 bits per heavy atom. The van der Waals surface area contributed by atoms with Crippen LogP contribution in [0.15, 0.2) is 30.3 Å². The van der Waals surface area contributed by atoms with Gasteiger partial charge >= 0.3 is 5.97 Å². The number of methoxy groups -OCH3 is 2. The zero-order chi connectivity index (χ0) is 33.9. The number of carbonyl (C=O) groups is 1. The number of benzene rings is 3. The molecule has 6 N–H and O–H groups in total. The third-order valence-corrected chi connectivity index (χ3v) is 8.86. The quantitative estimate of drug-likeness (QED) is 0.167. The van der Waals surface area contributed by atoms with Crippen LogP contribution in [-0.2, 0) is 25.6 Å². The summed E-state index contributed by atoms with van der Waals surface area (Å²) in [5.41, 5.74) is 1.59. The summed E-state index contributed by atoms with van der Waals surface area (Å²) in [5.74, 6) is 1.14. The van der Waals surface area contributed by atoms with Crippen molar-refractivity contribution in [2.45, 2.75) is 61.9 Å². The van der Waals surface area contributed by atoms with Crippen LogP contribution in [0.2, 0.25) is 0 Å². The number of ether oxygens (including phenoxy) is 9. The third-order valence-electron chi connectivity index (χ3n) is 8.86. The largest absolute Gasteiger partial charge is 0.493 e. The molecule has 0 unspecified atom stereocenters. The van der Waals surface area contributed by atoms with Gasteiger partial charge in [-0.05, 0) is 35.2 Å². The highest BCUT2D eigenvalue weighted by Gasteiger charge is 2.47. The maximum absolute atomic E-state index is 13.4. The van der Waals surface area contributed by atoms with E-state index in [9.17, 15) is 35.4 Å². The van der Waals surface area contributed by atoms with E-state index in [-0.39, 0.29) is 31.3 Å². The summed E-state index contributed by atoms with van der Waals surface area (Å²) in [6, 6.07) is 8.53. The summed E-state index contributed by atoms with van der Waals surface area (Å²) in [4.78, 5) is 13.4. The molecule has 0 aromatic heterocycles. The average molecular weight is 675 g/mol. The minimum absolute atomic E-state index is 0.0487. The lowest BCUT2D eigenvalue weighted by molar-refractivity contribution is -0.307. The summed E-state index contributed by atoms with van der Waals surface area (Å²) in [5, 5.41) is 63.3. The Balaban J connectivity index is 1.28. The first-order valence-corrected chi connectivity index (χ1v) is 15.1. The first kappa shape index (κ1) is 32.6. The van der Waals surface area contributed by atoms with Crippen molar-refractivity contribution in [2.24, 2.45) is 0 Å². The number of fused-ring (bicyclic) bond motifs is 3. The molecule has 3 aromatic carbocycles. The van der Waals surface area contributed by atoms with Gasteiger partial charge in [0.15, 0.2) is 29.3 Å². The Morgan fingerprint density at radius 1 is 0.771 bits per heavy atom. The van der Waals surface area contributed by atoms with Gasteiger partial charge in [0.25, 0.3) is 0 Å². The fourth-order valence-electron chi connectivity index (χ4n) is 6.28. The second-order valence-corrected chi connectivity index (χ2v) is 11.7. The maximum Gasteiger partial charge on any atom is 0.339 e. The summed E-state index contributed by atoms with van der Waals surface area (Å²) >= 11 is 0. The number of esters is 1. The van der Waals surface area contributed by atoms with Crippen LogP contribution in [0.25, 0.3) is 21.9 Å². The second kappa shape index (κ2) is 12.8. The molecule has 0 amide bonds. The highest BCUT2D eigenvalue weighted by Crippen LogP contribution is 2.49. The standard InChI is InChI=1S/C32H34O16/c1-40-18-6-13-14(7-19(18)41-2)29(15-8-42-30(39)23(15)22(13)12-3-4-17-20(5-12)46-11-45-17)48-32-28(38)26(36)25(35)21(47-32)10-44-31-27(37)24(34)16(33)9-43-31/h3-7,16,21,24-28,31-38H,8-11H2,1-2H3/t16-,21+,24-,25+,26-,27+,28+,31-,32-/m0/s1. The van der Waals surface area contributed by atoms with E-state index in [0.717, 1.165) is 0 Å². The Labute approximate surface area is 272 Å². The van der Waals surface area contributed by atoms with E-state index in [1.54, 1.807) is 30.3 Å². The number of hydrogen-bond donors (Lipinski definition) is 6. The Morgan fingerprint density at radius 2 is 1.48 bits per heavy atom. The van der Waals surface area contributed by atoms with E-state index in [0.29, 0.717) is 50.5 Å². The van der Waals surface area contributed by atoms with Crippen molar-refractivity contribution in [3.05, 3.63) is 41.5 Å². The van der Waals surface area contributed by atoms with Gasteiger partial charge in [-0.25, -0.2) is 4.79 Å². The van der Waals surface area contributed by atoms with Crippen LogP contribution in [0.1, 0.15) is 15.9 Å². The van der Waals surface area contributed by atoms with Gasteiger partial charge in [-0.15, -0.1) is 0 Å². The monoisotopic (exact) mass is 674 g/mol. The van der Waals surface area contributed by atoms with E-state index in [1.165, 1.54) is 14.2 Å². The van der Waals surface area contributed by atoms with Gasteiger partial charge in [0.05, 0.1) is 33.0 Å². The van der Waals surface area contributed by atoms with Crippen LogP contribution < -0.4 is 23.7 Å². The molecule has 0 aliphatic carbocycles. The molecule has 48 heavy (non-hydrogen) atoms. The van der Waals surface area contributed by atoms with E-state index in [1.807, 2.05) is 0 Å². The van der Waals surface area contributed by atoms with Crippen LogP contribution in [-0.4, -0.2) is 126 Å². The molecular formula is C32H34O16. The summed E-state index contributed by atoms with van der Waals surface area (Å²) in [6.45, 7) is -0.951. The fraction of sp³-hybridized carbons (Fsp3) is 0.469. The van der Waals surface area contributed by atoms with Gasteiger partial charge < -0.3 is 73.3 Å².